The number of nitrogens with zero attached hydrogens (tertiary/aromatic N) is 2. The molecule has 20 heavy (non-hydrogen) atoms. The molecule has 0 bridgehead atoms. The van der Waals surface area contributed by atoms with Gasteiger partial charge in [-0.25, -0.2) is 9.97 Å². The molecule has 0 saturated carbocycles. The third kappa shape index (κ3) is 6.50. The van der Waals surface area contributed by atoms with E-state index < -0.39 is 0 Å². The minimum Gasteiger partial charge on any atom is -0.370 e. The Balaban J connectivity index is 2.43. The van der Waals surface area contributed by atoms with Gasteiger partial charge in [0.2, 0.25) is 0 Å². The van der Waals surface area contributed by atoms with Gasteiger partial charge in [0, 0.05) is 19.2 Å². The van der Waals surface area contributed by atoms with Crippen LogP contribution in [0.5, 0.6) is 0 Å². The number of carbonyl (C=O) groups excluding carboxylic acids is 1. The van der Waals surface area contributed by atoms with Gasteiger partial charge in [0.25, 0.3) is 5.91 Å². The highest BCUT2D eigenvalue weighted by atomic mass is 16.1. The largest absolute Gasteiger partial charge is 0.370 e. The number of amides is 1. The molecule has 0 spiro atoms. The molecule has 0 aromatic carbocycles. The quantitative estimate of drug-likeness (QED) is 0.682. The monoisotopic (exact) mass is 278 g/mol. The zero-order valence-electron chi connectivity index (χ0n) is 12.8. The summed E-state index contributed by atoms with van der Waals surface area (Å²) in [6.07, 6.45) is 5.89. The molecule has 112 valence electrons. The number of hydrogen-bond donors (Lipinski definition) is 2. The van der Waals surface area contributed by atoms with Crippen LogP contribution in [-0.2, 0) is 0 Å². The molecule has 0 aliphatic heterocycles. The van der Waals surface area contributed by atoms with E-state index >= 15 is 0 Å². The lowest BCUT2D eigenvalue weighted by atomic mass is 10.1. The van der Waals surface area contributed by atoms with Crippen molar-refractivity contribution in [3.63, 3.8) is 0 Å². The van der Waals surface area contributed by atoms with Crippen molar-refractivity contribution >= 4 is 11.7 Å². The molecule has 0 radical (unpaired) electrons. The van der Waals surface area contributed by atoms with Crippen LogP contribution in [0.2, 0.25) is 0 Å². The summed E-state index contributed by atoms with van der Waals surface area (Å²) in [5.41, 5.74) is 0.418. The maximum absolute atomic E-state index is 11.9. The van der Waals surface area contributed by atoms with Crippen molar-refractivity contribution in [3.05, 3.63) is 18.1 Å². The fraction of sp³-hybridized carbons (Fsp3) is 0.667. The van der Waals surface area contributed by atoms with Gasteiger partial charge in [0.05, 0.1) is 0 Å². The second kappa shape index (κ2) is 9.28. The van der Waals surface area contributed by atoms with Crippen LogP contribution in [0.4, 0.5) is 5.82 Å². The molecule has 1 rings (SSSR count). The number of nitrogens with one attached hydrogen (secondary N) is 2. The highest BCUT2D eigenvalue weighted by Crippen LogP contribution is 2.05. The summed E-state index contributed by atoms with van der Waals surface area (Å²) in [7, 11) is 0. The summed E-state index contributed by atoms with van der Waals surface area (Å²) in [6, 6.07) is 1.71. The molecule has 1 aromatic rings. The Hall–Kier alpha value is -1.65. The molecule has 0 atom stereocenters. The van der Waals surface area contributed by atoms with E-state index in [0.29, 0.717) is 24.0 Å². The highest BCUT2D eigenvalue weighted by molar-refractivity contribution is 5.92. The van der Waals surface area contributed by atoms with E-state index in [2.05, 4.69) is 41.4 Å². The van der Waals surface area contributed by atoms with Gasteiger partial charge >= 0.3 is 0 Å². The minimum atomic E-state index is -0.135. The number of carbonyl (C=O) groups is 1. The average Bonchev–Trinajstić information content (AvgIpc) is 2.43. The molecule has 1 heterocycles. The third-order valence-corrected chi connectivity index (χ3v) is 2.99. The third-order valence-electron chi connectivity index (χ3n) is 2.99. The number of rotatable bonds is 9. The van der Waals surface area contributed by atoms with Crippen molar-refractivity contribution in [2.24, 2.45) is 5.92 Å². The van der Waals surface area contributed by atoms with E-state index in [1.165, 1.54) is 19.2 Å². The van der Waals surface area contributed by atoms with Crippen LogP contribution in [0.1, 0.15) is 56.9 Å². The normalized spacial score (nSPS) is 10.6. The number of aromatic nitrogens is 2. The average molecular weight is 278 g/mol. The Kier molecular flexibility index (Phi) is 7.62. The van der Waals surface area contributed by atoms with Crippen LogP contribution < -0.4 is 10.6 Å². The molecule has 0 saturated heterocycles. The first kappa shape index (κ1) is 16.4. The lowest BCUT2D eigenvalue weighted by Gasteiger charge is -2.08. The number of unbranched alkanes of at least 4 members (excludes halogenated alkanes) is 2. The molecule has 1 amide bonds. The van der Waals surface area contributed by atoms with E-state index in [1.807, 2.05) is 0 Å². The molecule has 1 aromatic heterocycles. The van der Waals surface area contributed by atoms with E-state index in [1.54, 1.807) is 6.07 Å². The van der Waals surface area contributed by atoms with Gasteiger partial charge in [-0.05, 0) is 18.8 Å². The van der Waals surface area contributed by atoms with Crippen molar-refractivity contribution in [1.82, 2.24) is 15.3 Å². The Morgan fingerprint density at radius 1 is 1.25 bits per heavy atom. The first-order valence-corrected chi connectivity index (χ1v) is 7.47. The fourth-order valence-corrected chi connectivity index (χ4v) is 1.73. The Labute approximate surface area is 121 Å². The zero-order valence-corrected chi connectivity index (χ0v) is 12.8. The van der Waals surface area contributed by atoms with E-state index in [0.717, 1.165) is 19.4 Å². The van der Waals surface area contributed by atoms with Crippen LogP contribution in [-0.4, -0.2) is 29.0 Å². The van der Waals surface area contributed by atoms with Crippen LogP contribution in [0.15, 0.2) is 12.4 Å². The summed E-state index contributed by atoms with van der Waals surface area (Å²) in [4.78, 5) is 20.1. The predicted octanol–water partition coefficient (Wildman–Crippen LogP) is 2.85. The molecular formula is C15H26N4O. The smallest absolute Gasteiger partial charge is 0.270 e. The Morgan fingerprint density at radius 3 is 2.75 bits per heavy atom. The van der Waals surface area contributed by atoms with Crippen molar-refractivity contribution in [3.8, 4) is 0 Å². The van der Waals surface area contributed by atoms with Crippen molar-refractivity contribution in [2.45, 2.75) is 46.5 Å². The Bertz CT molecular complexity index is 407. The van der Waals surface area contributed by atoms with Gasteiger partial charge < -0.3 is 10.6 Å². The molecule has 0 aliphatic carbocycles. The molecule has 2 N–H and O–H groups in total. The maximum Gasteiger partial charge on any atom is 0.270 e. The SMILES string of the molecule is CCCCCNc1cc(C(=O)NCCC(C)C)ncn1. The highest BCUT2D eigenvalue weighted by Gasteiger charge is 2.08. The minimum absolute atomic E-state index is 0.135. The maximum atomic E-state index is 11.9. The standard InChI is InChI=1S/C15H26N4O/c1-4-5-6-8-16-14-10-13(18-11-19-14)15(20)17-9-7-12(2)3/h10-12H,4-9H2,1-3H3,(H,17,20)(H,16,18,19). The second-order valence-corrected chi connectivity index (χ2v) is 5.36. The lowest BCUT2D eigenvalue weighted by Crippen LogP contribution is -2.26. The molecule has 5 heteroatoms. The first-order chi connectivity index (χ1) is 9.63. The van der Waals surface area contributed by atoms with Crippen LogP contribution in [0.3, 0.4) is 0 Å². The summed E-state index contributed by atoms with van der Waals surface area (Å²) in [5.74, 6) is 1.16. The van der Waals surface area contributed by atoms with Crippen LogP contribution >= 0.6 is 0 Å². The van der Waals surface area contributed by atoms with Gasteiger partial charge in [-0.15, -0.1) is 0 Å². The second-order valence-electron chi connectivity index (χ2n) is 5.36. The zero-order chi connectivity index (χ0) is 14.8. The first-order valence-electron chi connectivity index (χ1n) is 7.47. The molecule has 0 fully saturated rings. The lowest BCUT2D eigenvalue weighted by molar-refractivity contribution is 0.0947. The summed E-state index contributed by atoms with van der Waals surface area (Å²) in [6.45, 7) is 7.99. The summed E-state index contributed by atoms with van der Waals surface area (Å²) in [5, 5.41) is 6.09. The molecule has 0 unspecified atom stereocenters. The molecular weight excluding hydrogens is 252 g/mol. The molecule has 5 nitrogen and oxygen atoms in total. The van der Waals surface area contributed by atoms with E-state index in [-0.39, 0.29) is 5.91 Å². The number of hydrogen-bond acceptors (Lipinski definition) is 4. The summed E-state index contributed by atoms with van der Waals surface area (Å²) < 4.78 is 0. The van der Waals surface area contributed by atoms with Crippen molar-refractivity contribution in [2.75, 3.05) is 18.4 Å². The number of anilines is 1. The van der Waals surface area contributed by atoms with Gasteiger partial charge in [0.15, 0.2) is 0 Å². The fourth-order valence-electron chi connectivity index (χ4n) is 1.73. The van der Waals surface area contributed by atoms with E-state index in [9.17, 15) is 4.79 Å². The van der Waals surface area contributed by atoms with Crippen LogP contribution in [0.25, 0.3) is 0 Å². The van der Waals surface area contributed by atoms with Gasteiger partial charge in [-0.1, -0.05) is 33.6 Å². The predicted molar refractivity (Wildman–Crippen MR) is 81.8 cm³/mol. The summed E-state index contributed by atoms with van der Waals surface area (Å²) >= 11 is 0. The van der Waals surface area contributed by atoms with E-state index in [4.69, 9.17) is 0 Å². The van der Waals surface area contributed by atoms with Crippen LogP contribution in [0, 0.1) is 5.92 Å². The Morgan fingerprint density at radius 2 is 2.05 bits per heavy atom. The van der Waals surface area contributed by atoms with Gasteiger partial charge in [-0.3, -0.25) is 4.79 Å². The van der Waals surface area contributed by atoms with Gasteiger partial charge in [0.1, 0.15) is 17.8 Å². The topological polar surface area (TPSA) is 66.9 Å². The van der Waals surface area contributed by atoms with Crippen molar-refractivity contribution < 1.29 is 4.79 Å². The van der Waals surface area contributed by atoms with Crippen molar-refractivity contribution in [1.29, 1.82) is 0 Å². The van der Waals surface area contributed by atoms with Gasteiger partial charge in [-0.2, -0.15) is 0 Å². The molecule has 0 aliphatic rings.